The molecule has 0 N–H and O–H groups in total. The van der Waals surface area contributed by atoms with Crippen LogP contribution in [0.2, 0.25) is 0 Å². The molecule has 0 unspecified atom stereocenters. The third kappa shape index (κ3) is 3.24. The topological polar surface area (TPSA) is 71.7 Å². The van der Waals surface area contributed by atoms with Gasteiger partial charge in [-0.1, -0.05) is 0 Å². The van der Waals surface area contributed by atoms with Crippen molar-refractivity contribution >= 4 is 17.2 Å². The van der Waals surface area contributed by atoms with Crippen LogP contribution in [0.15, 0.2) is 30.9 Å². The van der Waals surface area contributed by atoms with Crippen molar-refractivity contribution < 1.29 is 4.74 Å². The van der Waals surface area contributed by atoms with Gasteiger partial charge in [-0.25, -0.2) is 19.5 Å². The van der Waals surface area contributed by atoms with Gasteiger partial charge in [-0.3, -0.25) is 0 Å². The van der Waals surface area contributed by atoms with Gasteiger partial charge >= 0.3 is 0 Å². The van der Waals surface area contributed by atoms with Gasteiger partial charge in [-0.05, 0) is 44.6 Å². The Morgan fingerprint density at radius 3 is 2.50 bits per heavy atom. The number of piperidine rings is 1. The van der Waals surface area contributed by atoms with Crippen LogP contribution in [0.5, 0.6) is 5.88 Å². The molecule has 2 aliphatic carbocycles. The molecule has 3 aromatic heterocycles. The summed E-state index contributed by atoms with van der Waals surface area (Å²) in [6, 6.07) is 5.30. The number of hydrogen-bond acceptors (Lipinski definition) is 7. The van der Waals surface area contributed by atoms with E-state index >= 15 is 0 Å². The maximum Gasteiger partial charge on any atom is 0.218 e. The van der Waals surface area contributed by atoms with Crippen LogP contribution in [0.4, 0.5) is 11.6 Å². The normalized spacial score (nSPS) is 20.0. The van der Waals surface area contributed by atoms with E-state index in [9.17, 15) is 0 Å². The second kappa shape index (κ2) is 7.11. The minimum atomic E-state index is 0.486. The standard InChI is InChI=1S/C22H27N7O/c1-30-21-13-20(24-14-25-21)29(16-4-5-16)17-6-9-27(10-7-17)22-19-12-18(15-2-3-15)26-28(19)11-8-23-22/h8,11-17H,2-7,9-10H2,1H3. The number of nitrogens with zero attached hydrogens (tertiary/aromatic N) is 7. The number of rotatable bonds is 6. The van der Waals surface area contributed by atoms with Gasteiger partial charge in [0.15, 0.2) is 5.82 Å². The molecule has 3 fully saturated rings. The maximum atomic E-state index is 5.33. The number of hydrogen-bond donors (Lipinski definition) is 0. The molecule has 156 valence electrons. The van der Waals surface area contributed by atoms with Crippen LogP contribution in [-0.2, 0) is 0 Å². The van der Waals surface area contributed by atoms with Crippen LogP contribution in [-0.4, -0.2) is 56.8 Å². The first-order valence-electron chi connectivity index (χ1n) is 11.0. The first-order chi connectivity index (χ1) is 14.8. The lowest BCUT2D eigenvalue weighted by Crippen LogP contribution is -2.46. The Labute approximate surface area is 175 Å². The highest BCUT2D eigenvalue weighted by Gasteiger charge is 2.37. The van der Waals surface area contributed by atoms with Gasteiger partial charge in [0.25, 0.3) is 0 Å². The number of methoxy groups -OCH3 is 1. The molecule has 0 bridgehead atoms. The molecule has 2 saturated carbocycles. The smallest absolute Gasteiger partial charge is 0.218 e. The molecule has 0 aromatic carbocycles. The van der Waals surface area contributed by atoms with Crippen LogP contribution in [0.25, 0.3) is 5.52 Å². The van der Waals surface area contributed by atoms with E-state index in [2.05, 4.69) is 25.8 Å². The van der Waals surface area contributed by atoms with Crippen LogP contribution < -0.4 is 14.5 Å². The van der Waals surface area contributed by atoms with Crippen LogP contribution in [0.3, 0.4) is 0 Å². The SMILES string of the molecule is COc1cc(N(C2CC2)C2CCN(c3nccn4nc(C5CC5)cc34)CC2)ncn1. The summed E-state index contributed by atoms with van der Waals surface area (Å²) >= 11 is 0. The summed E-state index contributed by atoms with van der Waals surface area (Å²) in [4.78, 5) is 18.4. The van der Waals surface area contributed by atoms with E-state index in [0.717, 1.165) is 43.1 Å². The van der Waals surface area contributed by atoms with Crippen molar-refractivity contribution in [3.8, 4) is 5.88 Å². The van der Waals surface area contributed by atoms with Crippen molar-refractivity contribution in [3.63, 3.8) is 0 Å². The van der Waals surface area contributed by atoms with Gasteiger partial charge in [0.2, 0.25) is 5.88 Å². The summed E-state index contributed by atoms with van der Waals surface area (Å²) < 4.78 is 7.33. The molecular formula is C22H27N7O. The van der Waals surface area contributed by atoms with Crippen molar-refractivity contribution in [1.29, 1.82) is 0 Å². The highest BCUT2D eigenvalue weighted by molar-refractivity contribution is 5.69. The minimum Gasteiger partial charge on any atom is -0.481 e. The van der Waals surface area contributed by atoms with Crippen molar-refractivity contribution in [2.75, 3.05) is 30.0 Å². The molecular weight excluding hydrogens is 378 g/mol. The number of anilines is 2. The molecule has 3 aromatic rings. The highest BCUT2D eigenvalue weighted by atomic mass is 16.5. The fraction of sp³-hybridized carbons (Fsp3) is 0.545. The largest absolute Gasteiger partial charge is 0.481 e. The zero-order valence-electron chi connectivity index (χ0n) is 17.3. The number of aromatic nitrogens is 5. The lowest BCUT2D eigenvalue weighted by atomic mass is 10.0. The lowest BCUT2D eigenvalue weighted by molar-refractivity contribution is 0.395. The Morgan fingerprint density at radius 1 is 0.967 bits per heavy atom. The van der Waals surface area contributed by atoms with Gasteiger partial charge in [0.1, 0.15) is 17.7 Å². The molecule has 30 heavy (non-hydrogen) atoms. The summed E-state index contributed by atoms with van der Waals surface area (Å²) in [5.41, 5.74) is 2.36. The van der Waals surface area contributed by atoms with E-state index in [4.69, 9.17) is 14.8 Å². The van der Waals surface area contributed by atoms with Crippen LogP contribution in [0.1, 0.15) is 50.1 Å². The maximum absolute atomic E-state index is 5.33. The third-order valence-corrected chi connectivity index (χ3v) is 6.58. The fourth-order valence-electron chi connectivity index (χ4n) is 4.71. The second-order valence-electron chi connectivity index (χ2n) is 8.70. The van der Waals surface area contributed by atoms with Crippen LogP contribution in [0, 0.1) is 0 Å². The summed E-state index contributed by atoms with van der Waals surface area (Å²) in [7, 11) is 1.66. The first-order valence-corrected chi connectivity index (χ1v) is 11.0. The molecule has 6 rings (SSSR count). The zero-order valence-corrected chi connectivity index (χ0v) is 17.3. The molecule has 4 heterocycles. The van der Waals surface area contributed by atoms with Gasteiger partial charge in [-0.15, -0.1) is 0 Å². The Hall–Kier alpha value is -2.90. The van der Waals surface area contributed by atoms with Crippen molar-refractivity contribution in [2.45, 2.75) is 56.5 Å². The zero-order chi connectivity index (χ0) is 20.1. The van der Waals surface area contributed by atoms with E-state index in [0.29, 0.717) is 23.9 Å². The minimum absolute atomic E-state index is 0.486. The average molecular weight is 406 g/mol. The summed E-state index contributed by atoms with van der Waals surface area (Å²) in [6.45, 7) is 1.99. The van der Waals surface area contributed by atoms with E-state index in [1.807, 2.05) is 23.0 Å². The summed E-state index contributed by atoms with van der Waals surface area (Å²) in [5.74, 6) is 3.34. The van der Waals surface area contributed by atoms with Gasteiger partial charge < -0.3 is 14.5 Å². The lowest BCUT2D eigenvalue weighted by Gasteiger charge is -2.40. The Kier molecular flexibility index (Phi) is 4.24. The molecule has 1 saturated heterocycles. The molecule has 0 atom stereocenters. The van der Waals surface area contributed by atoms with Crippen molar-refractivity contribution in [3.05, 3.63) is 36.5 Å². The predicted molar refractivity (Wildman–Crippen MR) is 114 cm³/mol. The highest BCUT2D eigenvalue weighted by Crippen LogP contribution is 2.40. The monoisotopic (exact) mass is 405 g/mol. The summed E-state index contributed by atoms with van der Waals surface area (Å²) in [6.07, 6.45) is 12.7. The molecule has 8 heteroatoms. The predicted octanol–water partition coefficient (Wildman–Crippen LogP) is 3.04. The van der Waals surface area contributed by atoms with E-state index < -0.39 is 0 Å². The molecule has 3 aliphatic rings. The molecule has 8 nitrogen and oxygen atoms in total. The second-order valence-corrected chi connectivity index (χ2v) is 8.70. The van der Waals surface area contributed by atoms with E-state index in [1.165, 1.54) is 31.4 Å². The Bertz CT molecular complexity index is 1050. The van der Waals surface area contributed by atoms with Gasteiger partial charge in [0, 0.05) is 49.6 Å². The van der Waals surface area contributed by atoms with E-state index in [1.54, 1.807) is 13.4 Å². The quantitative estimate of drug-likeness (QED) is 0.624. The molecule has 1 aliphatic heterocycles. The molecule has 0 spiro atoms. The first kappa shape index (κ1) is 17.9. The van der Waals surface area contributed by atoms with Crippen LogP contribution >= 0.6 is 0 Å². The van der Waals surface area contributed by atoms with E-state index in [-0.39, 0.29) is 0 Å². The van der Waals surface area contributed by atoms with Crippen molar-refractivity contribution in [2.24, 2.45) is 0 Å². The third-order valence-electron chi connectivity index (χ3n) is 6.58. The summed E-state index contributed by atoms with van der Waals surface area (Å²) in [5, 5.41) is 4.78. The Balaban J connectivity index is 1.22. The fourth-order valence-corrected chi connectivity index (χ4v) is 4.71. The molecule has 0 radical (unpaired) electrons. The average Bonchev–Trinajstić information content (AvgIpc) is 3.73. The van der Waals surface area contributed by atoms with Gasteiger partial charge in [0.05, 0.1) is 12.8 Å². The molecule has 0 amide bonds. The number of fused-ring (bicyclic) bond motifs is 1. The Morgan fingerprint density at radius 2 is 1.77 bits per heavy atom. The number of ether oxygens (including phenoxy) is 1. The van der Waals surface area contributed by atoms with Gasteiger partial charge in [-0.2, -0.15) is 5.10 Å². The van der Waals surface area contributed by atoms with Crippen molar-refractivity contribution in [1.82, 2.24) is 24.6 Å².